The summed E-state index contributed by atoms with van der Waals surface area (Å²) in [5.74, 6) is 0.752. The van der Waals surface area contributed by atoms with E-state index in [1.165, 1.54) is 0 Å². The van der Waals surface area contributed by atoms with E-state index >= 15 is 0 Å². The number of benzene rings is 1. The average Bonchev–Trinajstić information content (AvgIpc) is 2.30. The molecule has 4 heteroatoms. The number of hydroxylamine groups is 2. The molecule has 0 radical (unpaired) electrons. The van der Waals surface area contributed by atoms with Crippen LogP contribution in [-0.4, -0.2) is 38.5 Å². The summed E-state index contributed by atoms with van der Waals surface area (Å²) >= 11 is 0. The number of piperazine rings is 1. The van der Waals surface area contributed by atoms with Crippen LogP contribution in [0.15, 0.2) is 24.3 Å². The second-order valence-electron chi connectivity index (χ2n) is 3.79. The van der Waals surface area contributed by atoms with Crippen LogP contribution in [0.5, 0.6) is 5.75 Å². The molecule has 1 saturated heterocycles. The summed E-state index contributed by atoms with van der Waals surface area (Å²) in [6, 6.07) is 7.64. The Morgan fingerprint density at radius 1 is 1.27 bits per heavy atom. The third kappa shape index (κ3) is 1.97. The van der Waals surface area contributed by atoms with Gasteiger partial charge in [-0.05, 0) is 6.07 Å². The van der Waals surface area contributed by atoms with Crippen molar-refractivity contribution in [2.45, 2.75) is 0 Å². The highest BCUT2D eigenvalue weighted by atomic mass is 16.6. The quantitative estimate of drug-likeness (QED) is 0.714. The third-order valence-electron chi connectivity index (χ3n) is 2.85. The zero-order valence-corrected chi connectivity index (χ0v) is 8.94. The standard InChI is InChI=1S/C11H17N2O2/c1-15-11-5-3-2-4-10(11)13(14)8-6-12-7-9-13/h2-5,12,14H,6-9H2,1H3/q+1. The molecule has 2 N–H and O–H groups in total. The Kier molecular flexibility index (Phi) is 2.90. The summed E-state index contributed by atoms with van der Waals surface area (Å²) < 4.78 is 5.24. The Morgan fingerprint density at radius 2 is 1.93 bits per heavy atom. The van der Waals surface area contributed by atoms with Crippen LogP contribution in [0.4, 0.5) is 5.69 Å². The van der Waals surface area contributed by atoms with Crippen LogP contribution in [0.25, 0.3) is 0 Å². The second-order valence-corrected chi connectivity index (χ2v) is 3.79. The van der Waals surface area contributed by atoms with Gasteiger partial charge in [-0.3, -0.25) is 0 Å². The highest BCUT2D eigenvalue weighted by Gasteiger charge is 2.33. The van der Waals surface area contributed by atoms with E-state index in [9.17, 15) is 5.21 Å². The summed E-state index contributed by atoms with van der Waals surface area (Å²) in [6.45, 7) is 3.02. The molecule has 0 aromatic heterocycles. The Hall–Kier alpha value is -1.10. The lowest BCUT2D eigenvalue weighted by Crippen LogP contribution is -2.57. The lowest BCUT2D eigenvalue weighted by atomic mass is 10.2. The van der Waals surface area contributed by atoms with Gasteiger partial charge in [0.2, 0.25) is 5.69 Å². The zero-order chi connectivity index (χ0) is 10.7. The smallest absolute Gasteiger partial charge is 0.207 e. The van der Waals surface area contributed by atoms with E-state index in [4.69, 9.17) is 4.74 Å². The Morgan fingerprint density at radius 3 is 2.60 bits per heavy atom. The van der Waals surface area contributed by atoms with Crippen molar-refractivity contribution in [2.24, 2.45) is 0 Å². The van der Waals surface area contributed by atoms with Gasteiger partial charge in [-0.15, -0.1) is 4.65 Å². The van der Waals surface area contributed by atoms with Crippen LogP contribution in [-0.2, 0) is 0 Å². The summed E-state index contributed by atoms with van der Waals surface area (Å²) in [6.07, 6.45) is 0. The molecule has 2 rings (SSSR count). The van der Waals surface area contributed by atoms with E-state index in [2.05, 4.69) is 5.32 Å². The van der Waals surface area contributed by atoms with Gasteiger partial charge in [-0.25, -0.2) is 5.21 Å². The van der Waals surface area contributed by atoms with E-state index in [0.717, 1.165) is 24.5 Å². The van der Waals surface area contributed by atoms with Crippen molar-refractivity contribution in [1.29, 1.82) is 0 Å². The van der Waals surface area contributed by atoms with E-state index in [1.807, 2.05) is 24.3 Å². The number of rotatable bonds is 2. The summed E-state index contributed by atoms with van der Waals surface area (Å²) in [7, 11) is 1.63. The zero-order valence-electron chi connectivity index (χ0n) is 8.94. The molecular weight excluding hydrogens is 192 g/mol. The lowest BCUT2D eigenvalue weighted by Gasteiger charge is -2.33. The fourth-order valence-corrected chi connectivity index (χ4v) is 1.98. The molecule has 4 nitrogen and oxygen atoms in total. The molecule has 15 heavy (non-hydrogen) atoms. The first-order valence-electron chi connectivity index (χ1n) is 5.20. The maximum Gasteiger partial charge on any atom is 0.207 e. The molecule has 0 aliphatic carbocycles. The molecule has 1 aromatic rings. The summed E-state index contributed by atoms with van der Waals surface area (Å²) in [5, 5.41) is 13.7. The molecule has 1 heterocycles. The minimum absolute atomic E-state index is 0.0307. The van der Waals surface area contributed by atoms with E-state index in [-0.39, 0.29) is 4.65 Å². The number of nitrogens with zero attached hydrogens (tertiary/aromatic N) is 1. The average molecular weight is 209 g/mol. The van der Waals surface area contributed by atoms with Crippen molar-refractivity contribution in [3.8, 4) is 5.75 Å². The number of methoxy groups -OCH3 is 1. The van der Waals surface area contributed by atoms with Crippen molar-refractivity contribution in [2.75, 3.05) is 33.3 Å². The molecule has 0 spiro atoms. The highest BCUT2D eigenvalue weighted by Crippen LogP contribution is 2.31. The summed E-state index contributed by atoms with van der Waals surface area (Å²) in [5.41, 5.74) is 0.849. The van der Waals surface area contributed by atoms with Gasteiger partial charge >= 0.3 is 0 Å². The van der Waals surface area contributed by atoms with Crippen LogP contribution in [0.1, 0.15) is 0 Å². The first-order chi connectivity index (χ1) is 7.26. The van der Waals surface area contributed by atoms with Gasteiger partial charge in [0.25, 0.3) is 0 Å². The van der Waals surface area contributed by atoms with Gasteiger partial charge in [0.05, 0.1) is 7.11 Å². The van der Waals surface area contributed by atoms with E-state index in [0.29, 0.717) is 13.1 Å². The molecule has 0 unspecified atom stereocenters. The van der Waals surface area contributed by atoms with Gasteiger partial charge in [-0.1, -0.05) is 12.1 Å². The normalized spacial score (nSPS) is 19.9. The van der Waals surface area contributed by atoms with Crippen molar-refractivity contribution >= 4 is 5.69 Å². The predicted molar refractivity (Wildman–Crippen MR) is 59.2 cm³/mol. The first-order valence-corrected chi connectivity index (χ1v) is 5.20. The number of hydrogen-bond acceptors (Lipinski definition) is 3. The molecule has 1 aliphatic rings. The van der Waals surface area contributed by atoms with Gasteiger partial charge in [0.1, 0.15) is 13.1 Å². The second kappa shape index (κ2) is 4.18. The topological polar surface area (TPSA) is 41.5 Å². The highest BCUT2D eigenvalue weighted by molar-refractivity contribution is 5.54. The Labute approximate surface area is 89.6 Å². The monoisotopic (exact) mass is 209 g/mol. The fraction of sp³-hybridized carbons (Fsp3) is 0.455. The SMILES string of the molecule is COc1ccccc1[N+]1(O)CCNCC1. The molecule has 0 atom stereocenters. The minimum atomic E-state index is -0.0307. The van der Waals surface area contributed by atoms with Gasteiger partial charge < -0.3 is 10.1 Å². The molecule has 1 aliphatic heterocycles. The maximum absolute atomic E-state index is 10.5. The van der Waals surface area contributed by atoms with E-state index < -0.39 is 0 Å². The number of quaternary nitrogens is 1. The van der Waals surface area contributed by atoms with Crippen LogP contribution < -0.4 is 14.7 Å². The molecule has 0 bridgehead atoms. The number of hydrogen-bond donors (Lipinski definition) is 2. The van der Waals surface area contributed by atoms with Crippen molar-refractivity contribution in [1.82, 2.24) is 9.96 Å². The molecule has 1 aromatic carbocycles. The van der Waals surface area contributed by atoms with Crippen molar-refractivity contribution in [3.05, 3.63) is 24.3 Å². The van der Waals surface area contributed by atoms with Crippen molar-refractivity contribution < 1.29 is 9.94 Å². The van der Waals surface area contributed by atoms with Crippen molar-refractivity contribution in [3.63, 3.8) is 0 Å². The molecule has 0 saturated carbocycles. The Balaban J connectivity index is 2.34. The summed E-state index contributed by atoms with van der Waals surface area (Å²) in [4.78, 5) is 0. The van der Waals surface area contributed by atoms with Crippen LogP contribution in [0, 0.1) is 0 Å². The number of para-hydroxylation sites is 2. The number of nitrogens with one attached hydrogen (secondary N) is 1. The van der Waals surface area contributed by atoms with Gasteiger partial charge in [0.15, 0.2) is 5.75 Å². The minimum Gasteiger partial charge on any atom is -0.491 e. The Bertz CT molecular complexity index is 335. The van der Waals surface area contributed by atoms with Crippen LogP contribution in [0.3, 0.4) is 0 Å². The largest absolute Gasteiger partial charge is 0.491 e. The number of ether oxygens (including phenoxy) is 1. The molecule has 1 fully saturated rings. The lowest BCUT2D eigenvalue weighted by molar-refractivity contribution is -0.0882. The fourth-order valence-electron chi connectivity index (χ4n) is 1.98. The first kappa shape index (κ1) is 10.4. The molecule has 82 valence electrons. The predicted octanol–water partition coefficient (Wildman–Crippen LogP) is 0.995. The van der Waals surface area contributed by atoms with Crippen LogP contribution in [0.2, 0.25) is 0 Å². The third-order valence-corrected chi connectivity index (χ3v) is 2.85. The van der Waals surface area contributed by atoms with Gasteiger partial charge in [0, 0.05) is 19.2 Å². The maximum atomic E-state index is 10.5. The van der Waals surface area contributed by atoms with E-state index in [1.54, 1.807) is 7.11 Å². The van der Waals surface area contributed by atoms with Gasteiger partial charge in [-0.2, -0.15) is 0 Å². The molecule has 0 amide bonds. The van der Waals surface area contributed by atoms with Crippen LogP contribution >= 0.6 is 0 Å². The molecular formula is C11H17N2O2+.